The molecule has 0 bridgehead atoms. The third kappa shape index (κ3) is 18.2. The summed E-state index contributed by atoms with van der Waals surface area (Å²) in [4.78, 5) is 13.2. The average Bonchev–Trinajstić information content (AvgIpc) is 2.86. The van der Waals surface area contributed by atoms with Gasteiger partial charge in [0.15, 0.2) is 0 Å². The molecule has 0 saturated heterocycles. The maximum atomic E-state index is 8.49. The molecule has 44 heavy (non-hydrogen) atoms. The van der Waals surface area contributed by atoms with Gasteiger partial charge in [-0.1, -0.05) is 18.2 Å². The van der Waals surface area contributed by atoms with E-state index in [1.165, 1.54) is 4.90 Å². The van der Waals surface area contributed by atoms with E-state index in [4.69, 9.17) is 56.7 Å². The predicted molar refractivity (Wildman–Crippen MR) is 135 cm³/mol. The SMILES string of the molecule is COc1c(C)cnc(CN(CCSc2ccccc2)Cc2ncc(C)c(OC)c2C)c1C.O.[Cu+2].[O-][Cl+3]([O-])([O-])[O-].[O-][Cl+3]([O-])([O-])[O-]. The van der Waals surface area contributed by atoms with Gasteiger partial charge in [0, 0.05) is 64.9 Å². The topological polar surface area (TPSA) is 263 Å². The summed E-state index contributed by atoms with van der Waals surface area (Å²) in [6.07, 6.45) is 3.80. The molecule has 14 nitrogen and oxygen atoms in total. The standard InChI is InChI=1S/C26H33N3O2S.2ClHO4.Cu.H2O/c1-18-14-27-23(20(3)25(18)30-5)16-29(12-13-32-22-10-8-7-9-11-22)17-24-21(4)26(31-6)19(2)15-28-24;2*2-1(3,4)5;;/h7-11,14-15H,12-13,16-17H2,1-6H3;2*(H,2,3,4,5);;1H2/q;;;+2;/p-2. The van der Waals surface area contributed by atoms with E-state index in [-0.39, 0.29) is 22.5 Å². The maximum Gasteiger partial charge on any atom is 2.00 e. The van der Waals surface area contributed by atoms with Gasteiger partial charge in [-0.05, 0) is 39.8 Å². The molecule has 0 unspecified atom stereocenters. The number of pyridine rings is 2. The zero-order valence-corrected chi connectivity index (χ0v) is 28.0. The van der Waals surface area contributed by atoms with E-state index in [0.717, 1.165) is 70.5 Å². The minimum Gasteiger partial charge on any atom is -0.496 e. The summed E-state index contributed by atoms with van der Waals surface area (Å²) in [5.41, 5.74) is 6.38. The van der Waals surface area contributed by atoms with Gasteiger partial charge in [0.1, 0.15) is 11.5 Å². The van der Waals surface area contributed by atoms with Crippen molar-refractivity contribution in [2.24, 2.45) is 0 Å². The van der Waals surface area contributed by atoms with Crippen LogP contribution in [0, 0.1) is 48.2 Å². The molecule has 2 N–H and O–H groups in total. The van der Waals surface area contributed by atoms with Gasteiger partial charge >= 0.3 is 17.1 Å². The van der Waals surface area contributed by atoms with E-state index in [0.29, 0.717) is 0 Å². The van der Waals surface area contributed by atoms with Gasteiger partial charge in [0.2, 0.25) is 0 Å². The molecule has 2 aromatic heterocycles. The fourth-order valence-corrected chi connectivity index (χ4v) is 4.84. The Morgan fingerprint density at radius 1 is 0.705 bits per heavy atom. The third-order valence-electron chi connectivity index (χ3n) is 5.67. The van der Waals surface area contributed by atoms with E-state index < -0.39 is 20.5 Å². The van der Waals surface area contributed by atoms with Crippen LogP contribution < -0.4 is 46.7 Å². The van der Waals surface area contributed by atoms with Crippen LogP contribution in [0.25, 0.3) is 0 Å². The number of hydrogen-bond donors (Lipinski definition) is 0. The zero-order chi connectivity index (χ0) is 32.1. The van der Waals surface area contributed by atoms with Crippen LogP contribution in [0.15, 0.2) is 47.6 Å². The van der Waals surface area contributed by atoms with Crippen LogP contribution in [0.4, 0.5) is 0 Å². The van der Waals surface area contributed by atoms with Crippen molar-refractivity contribution in [2.45, 2.75) is 45.7 Å². The van der Waals surface area contributed by atoms with Crippen LogP contribution >= 0.6 is 11.8 Å². The Kier molecular flexibility index (Phi) is 21.2. The van der Waals surface area contributed by atoms with E-state index >= 15 is 0 Å². The Labute approximate surface area is 275 Å². The number of rotatable bonds is 10. The van der Waals surface area contributed by atoms with Crippen LogP contribution in [0.1, 0.15) is 33.6 Å². The second-order valence-electron chi connectivity index (χ2n) is 8.72. The number of methoxy groups -OCH3 is 2. The number of thioether (sulfide) groups is 1. The minimum absolute atomic E-state index is 0. The number of benzene rings is 1. The number of nitrogens with zero attached hydrogens (tertiary/aromatic N) is 3. The smallest absolute Gasteiger partial charge is 0.496 e. The number of halogens is 2. The summed E-state index contributed by atoms with van der Waals surface area (Å²) in [6.45, 7) is 10.6. The van der Waals surface area contributed by atoms with Gasteiger partial charge in [-0.25, -0.2) is 37.3 Å². The Morgan fingerprint density at radius 3 is 1.41 bits per heavy atom. The maximum absolute atomic E-state index is 8.49. The molecular weight excluding hydrogens is 697 g/mol. The second kappa shape index (κ2) is 21.1. The molecule has 18 heteroatoms. The van der Waals surface area contributed by atoms with Gasteiger partial charge in [-0.15, -0.1) is 32.2 Å². The fraction of sp³-hybridized carbons (Fsp3) is 0.385. The number of ether oxygens (including phenoxy) is 2. The molecule has 0 atom stereocenters. The van der Waals surface area contributed by atoms with Gasteiger partial charge < -0.3 is 14.9 Å². The summed E-state index contributed by atoms with van der Waals surface area (Å²) in [5.74, 6) is 2.81. The van der Waals surface area contributed by atoms with Crippen LogP contribution in [-0.2, 0) is 30.2 Å². The van der Waals surface area contributed by atoms with Crippen molar-refractivity contribution in [3.8, 4) is 11.5 Å². The van der Waals surface area contributed by atoms with Crippen molar-refractivity contribution in [3.63, 3.8) is 0 Å². The minimum atomic E-state index is -4.94. The van der Waals surface area contributed by atoms with E-state index in [1.54, 1.807) is 14.2 Å². The molecule has 3 rings (SSSR count). The fourth-order valence-electron chi connectivity index (χ4n) is 3.91. The second-order valence-corrected chi connectivity index (χ2v) is 11.4. The molecule has 0 amide bonds. The average molecular weight is 732 g/mol. The van der Waals surface area contributed by atoms with Crippen molar-refractivity contribution < 1.29 is 89.8 Å². The van der Waals surface area contributed by atoms with E-state index in [1.807, 2.05) is 38.0 Å². The number of aryl methyl sites for hydroxylation is 2. The first-order valence-electron chi connectivity index (χ1n) is 12.1. The molecule has 0 aliphatic carbocycles. The van der Waals surface area contributed by atoms with Crippen molar-refractivity contribution in [3.05, 3.63) is 76.4 Å². The molecule has 1 radical (unpaired) electrons. The van der Waals surface area contributed by atoms with Crippen molar-refractivity contribution in [1.82, 2.24) is 14.9 Å². The Morgan fingerprint density at radius 2 is 1.07 bits per heavy atom. The molecular formula is C26H35Cl2CuN3O11S. The molecule has 0 saturated carbocycles. The molecule has 1 aromatic carbocycles. The molecule has 3 aromatic rings. The Balaban J connectivity index is 0. The summed E-state index contributed by atoms with van der Waals surface area (Å²) in [7, 11) is -6.45. The molecule has 0 aliphatic heterocycles. The first-order chi connectivity index (χ1) is 19.4. The van der Waals surface area contributed by atoms with Crippen LogP contribution in [-0.4, -0.2) is 46.9 Å². The quantitative estimate of drug-likeness (QED) is 0.140. The summed E-state index contributed by atoms with van der Waals surface area (Å²) >= 11 is 1.87. The zero-order valence-electron chi connectivity index (χ0n) is 24.8. The Hall–Kier alpha value is -1.83. The first-order valence-corrected chi connectivity index (χ1v) is 15.5. The molecule has 0 aliphatic rings. The Bertz CT molecular complexity index is 1170. The summed E-state index contributed by atoms with van der Waals surface area (Å²) < 4.78 is 79.2. The third-order valence-corrected chi connectivity index (χ3v) is 6.66. The van der Waals surface area contributed by atoms with Crippen LogP contribution in [0.5, 0.6) is 11.5 Å². The monoisotopic (exact) mass is 730 g/mol. The van der Waals surface area contributed by atoms with Crippen molar-refractivity contribution >= 4 is 11.8 Å². The van der Waals surface area contributed by atoms with Gasteiger partial charge in [-0.2, -0.15) is 0 Å². The largest absolute Gasteiger partial charge is 2.00 e. The normalized spacial score (nSPS) is 10.8. The first kappa shape index (κ1) is 44.3. The molecule has 251 valence electrons. The predicted octanol–water partition coefficient (Wildman–Crippen LogP) is -4.82. The van der Waals surface area contributed by atoms with Gasteiger partial charge in [-0.3, -0.25) is 14.9 Å². The number of aromatic nitrogens is 2. The number of hydrogen-bond acceptors (Lipinski definition) is 14. The van der Waals surface area contributed by atoms with Gasteiger partial charge in [0.25, 0.3) is 0 Å². The van der Waals surface area contributed by atoms with Crippen LogP contribution in [0.3, 0.4) is 0 Å². The van der Waals surface area contributed by atoms with Crippen molar-refractivity contribution in [2.75, 3.05) is 26.5 Å². The van der Waals surface area contributed by atoms with Crippen molar-refractivity contribution in [1.29, 1.82) is 0 Å². The molecule has 2 heterocycles. The summed E-state index contributed by atoms with van der Waals surface area (Å²) in [6, 6.07) is 10.5. The van der Waals surface area contributed by atoms with E-state index in [9.17, 15) is 0 Å². The molecule has 0 spiro atoms. The summed E-state index contributed by atoms with van der Waals surface area (Å²) in [5, 5.41) is 0. The van der Waals surface area contributed by atoms with Crippen LogP contribution in [0.2, 0.25) is 0 Å². The van der Waals surface area contributed by atoms with Gasteiger partial charge in [0.05, 0.1) is 25.6 Å². The van der Waals surface area contributed by atoms with E-state index in [2.05, 4.69) is 49.1 Å². The molecule has 0 fully saturated rings.